The van der Waals surface area contributed by atoms with Gasteiger partial charge in [0, 0.05) is 6.07 Å². The Balaban J connectivity index is 2.40. The van der Waals surface area contributed by atoms with Crippen molar-refractivity contribution in [3.63, 3.8) is 0 Å². The van der Waals surface area contributed by atoms with Crippen LogP contribution in [0.5, 0.6) is 0 Å². The fourth-order valence-electron chi connectivity index (χ4n) is 1.52. The van der Waals surface area contributed by atoms with E-state index in [9.17, 15) is 18.5 Å². The molecule has 19 heavy (non-hydrogen) atoms. The molecule has 1 aromatic carbocycles. The summed E-state index contributed by atoms with van der Waals surface area (Å²) in [6.07, 6.45) is 2.38. The number of nitrogens with one attached hydrogen (secondary N) is 2. The molecule has 0 bridgehead atoms. The molecule has 0 saturated carbocycles. The number of nitro groups is 1. The molecule has 0 spiro atoms. The van der Waals surface area contributed by atoms with E-state index in [1.165, 1.54) is 31.5 Å². The number of nitrogens with zero attached hydrogens (tertiary/aromatic N) is 2. The normalized spacial score (nSPS) is 11.2. The van der Waals surface area contributed by atoms with E-state index in [0.717, 1.165) is 6.20 Å². The van der Waals surface area contributed by atoms with Crippen molar-refractivity contribution in [2.45, 2.75) is 11.9 Å². The molecule has 1 heterocycles. The minimum Gasteiger partial charge on any atom is -0.334 e. The first-order valence-electron chi connectivity index (χ1n) is 5.17. The van der Waals surface area contributed by atoms with E-state index in [-0.39, 0.29) is 22.0 Å². The zero-order chi connectivity index (χ0) is 14.0. The van der Waals surface area contributed by atoms with Crippen LogP contribution in [0.15, 0.2) is 35.7 Å². The molecule has 1 aromatic heterocycles. The number of imidazole rings is 1. The predicted molar refractivity (Wildman–Crippen MR) is 67.2 cm³/mol. The van der Waals surface area contributed by atoms with E-state index in [1.54, 1.807) is 0 Å². The van der Waals surface area contributed by atoms with Gasteiger partial charge in [-0.3, -0.25) is 14.8 Å². The van der Waals surface area contributed by atoms with Crippen molar-refractivity contribution in [1.29, 1.82) is 0 Å². The summed E-state index contributed by atoms with van der Waals surface area (Å²) in [5.41, 5.74) is 0.254. The second-order valence-electron chi connectivity index (χ2n) is 3.73. The van der Waals surface area contributed by atoms with Crippen LogP contribution in [-0.2, 0) is 10.0 Å². The van der Waals surface area contributed by atoms with Crippen LogP contribution in [0.1, 0.15) is 5.56 Å². The molecule has 0 fully saturated rings. The van der Waals surface area contributed by atoms with Gasteiger partial charge in [0.1, 0.15) is 0 Å². The molecule has 8 nitrogen and oxygen atoms in total. The monoisotopic (exact) mass is 282 g/mol. The van der Waals surface area contributed by atoms with Gasteiger partial charge in [0.15, 0.2) is 5.03 Å². The van der Waals surface area contributed by atoms with E-state index >= 15 is 0 Å². The van der Waals surface area contributed by atoms with Gasteiger partial charge in [-0.15, -0.1) is 0 Å². The van der Waals surface area contributed by atoms with Gasteiger partial charge in [0.25, 0.3) is 15.7 Å². The molecule has 0 aliphatic rings. The van der Waals surface area contributed by atoms with Crippen LogP contribution in [0.4, 0.5) is 11.4 Å². The number of rotatable bonds is 4. The number of H-pyrrole nitrogens is 1. The number of hydrogen-bond acceptors (Lipinski definition) is 5. The lowest BCUT2D eigenvalue weighted by atomic mass is 10.2. The maximum Gasteiger partial charge on any atom is 0.278 e. The molecular formula is C10H10N4O4S. The molecule has 2 N–H and O–H groups in total. The number of sulfonamides is 1. The standard InChI is InChI=1S/C10H10N4O4S/c1-7-8(3-2-4-9(7)14(15)16)13-19(17,18)10-5-11-6-12-10/h2-6,13H,1H3,(H,11,12). The quantitative estimate of drug-likeness (QED) is 0.649. The van der Waals surface area contributed by atoms with Crippen molar-refractivity contribution < 1.29 is 13.3 Å². The molecule has 0 saturated heterocycles. The second kappa shape index (κ2) is 4.69. The van der Waals surface area contributed by atoms with Gasteiger partial charge in [0.2, 0.25) is 0 Å². The van der Waals surface area contributed by atoms with Crippen molar-refractivity contribution in [3.05, 3.63) is 46.4 Å². The Kier molecular flexibility index (Phi) is 3.21. The molecule has 0 aliphatic carbocycles. The molecular weight excluding hydrogens is 272 g/mol. The Hall–Kier alpha value is -2.42. The summed E-state index contributed by atoms with van der Waals surface area (Å²) >= 11 is 0. The van der Waals surface area contributed by atoms with Crippen molar-refractivity contribution >= 4 is 21.4 Å². The van der Waals surface area contributed by atoms with Crippen LogP contribution in [0, 0.1) is 17.0 Å². The molecule has 100 valence electrons. The van der Waals surface area contributed by atoms with Crippen LogP contribution in [0.25, 0.3) is 0 Å². The lowest BCUT2D eigenvalue weighted by molar-refractivity contribution is -0.385. The zero-order valence-corrected chi connectivity index (χ0v) is 10.6. The summed E-state index contributed by atoms with van der Waals surface area (Å²) in [5, 5.41) is 10.7. The average molecular weight is 282 g/mol. The first kappa shape index (κ1) is 13.0. The van der Waals surface area contributed by atoms with Gasteiger partial charge >= 0.3 is 0 Å². The lowest BCUT2D eigenvalue weighted by Gasteiger charge is -2.09. The average Bonchev–Trinajstić information content (AvgIpc) is 2.85. The topological polar surface area (TPSA) is 118 Å². The van der Waals surface area contributed by atoms with Crippen molar-refractivity contribution in [2.75, 3.05) is 4.72 Å². The van der Waals surface area contributed by atoms with E-state index in [4.69, 9.17) is 0 Å². The number of hydrogen-bond donors (Lipinski definition) is 2. The summed E-state index contributed by atoms with van der Waals surface area (Å²) in [6, 6.07) is 4.18. The minimum atomic E-state index is -3.83. The van der Waals surface area contributed by atoms with Gasteiger partial charge < -0.3 is 4.98 Å². The predicted octanol–water partition coefficient (Wildman–Crippen LogP) is 1.43. The van der Waals surface area contributed by atoms with Crippen LogP contribution < -0.4 is 4.72 Å². The lowest BCUT2D eigenvalue weighted by Crippen LogP contribution is -2.14. The molecule has 2 aromatic rings. The Labute approximate surface area is 108 Å². The first-order valence-corrected chi connectivity index (χ1v) is 6.65. The van der Waals surface area contributed by atoms with Crippen LogP contribution >= 0.6 is 0 Å². The molecule has 0 unspecified atom stereocenters. The van der Waals surface area contributed by atoms with Crippen LogP contribution in [-0.4, -0.2) is 23.3 Å². The number of aromatic amines is 1. The fraction of sp³-hybridized carbons (Fsp3) is 0.100. The van der Waals surface area contributed by atoms with E-state index in [1.807, 2.05) is 0 Å². The van der Waals surface area contributed by atoms with Crippen molar-refractivity contribution in [3.8, 4) is 0 Å². The van der Waals surface area contributed by atoms with Gasteiger partial charge in [-0.1, -0.05) is 6.07 Å². The summed E-state index contributed by atoms with van der Waals surface area (Å²) in [5.74, 6) is 0. The Morgan fingerprint density at radius 1 is 1.42 bits per heavy atom. The maximum atomic E-state index is 11.9. The van der Waals surface area contributed by atoms with Crippen molar-refractivity contribution in [2.24, 2.45) is 0 Å². The molecule has 0 atom stereocenters. The van der Waals surface area contributed by atoms with Gasteiger partial charge in [-0.25, -0.2) is 4.98 Å². The molecule has 9 heteroatoms. The van der Waals surface area contributed by atoms with E-state index in [0.29, 0.717) is 0 Å². The fourth-order valence-corrected chi connectivity index (χ4v) is 2.55. The number of benzene rings is 1. The minimum absolute atomic E-state index is 0.113. The third kappa shape index (κ3) is 2.55. The van der Waals surface area contributed by atoms with Crippen molar-refractivity contribution in [1.82, 2.24) is 9.97 Å². The highest BCUT2D eigenvalue weighted by molar-refractivity contribution is 7.92. The van der Waals surface area contributed by atoms with Gasteiger partial charge in [0.05, 0.1) is 28.7 Å². The summed E-state index contributed by atoms with van der Waals surface area (Å²) < 4.78 is 26.2. The highest BCUT2D eigenvalue weighted by atomic mass is 32.2. The largest absolute Gasteiger partial charge is 0.334 e. The van der Waals surface area contributed by atoms with Crippen LogP contribution in [0.3, 0.4) is 0 Å². The Morgan fingerprint density at radius 3 is 2.74 bits per heavy atom. The zero-order valence-electron chi connectivity index (χ0n) is 9.82. The summed E-state index contributed by atoms with van der Waals surface area (Å²) in [4.78, 5) is 16.3. The summed E-state index contributed by atoms with van der Waals surface area (Å²) in [6.45, 7) is 1.48. The molecule has 0 radical (unpaired) electrons. The van der Waals surface area contributed by atoms with E-state index in [2.05, 4.69) is 14.7 Å². The van der Waals surface area contributed by atoms with Gasteiger partial charge in [-0.05, 0) is 13.0 Å². The van der Waals surface area contributed by atoms with Crippen LogP contribution in [0.2, 0.25) is 0 Å². The second-order valence-corrected chi connectivity index (χ2v) is 5.38. The smallest absolute Gasteiger partial charge is 0.278 e. The highest BCUT2D eigenvalue weighted by Gasteiger charge is 2.20. The Morgan fingerprint density at radius 2 is 2.16 bits per heavy atom. The third-order valence-corrected chi connectivity index (χ3v) is 3.80. The number of anilines is 1. The van der Waals surface area contributed by atoms with E-state index < -0.39 is 14.9 Å². The SMILES string of the molecule is Cc1c(NS(=O)(=O)c2cnc[nH]2)cccc1[N+](=O)[O-]. The maximum absolute atomic E-state index is 11.9. The first-order chi connectivity index (χ1) is 8.92. The highest BCUT2D eigenvalue weighted by Crippen LogP contribution is 2.26. The van der Waals surface area contributed by atoms with Gasteiger partial charge in [-0.2, -0.15) is 8.42 Å². The number of aromatic nitrogens is 2. The molecule has 2 rings (SSSR count). The Bertz CT molecular complexity index is 709. The molecule has 0 amide bonds. The molecule has 0 aliphatic heterocycles. The summed E-state index contributed by atoms with van der Waals surface area (Å²) in [7, 11) is -3.83. The number of nitro benzene ring substituents is 1. The third-order valence-electron chi connectivity index (χ3n) is 2.51.